The van der Waals surface area contributed by atoms with E-state index in [1.165, 1.54) is 17.0 Å². The van der Waals surface area contributed by atoms with Crippen LogP contribution in [0.5, 0.6) is 0 Å². The van der Waals surface area contributed by atoms with Gasteiger partial charge in [0.15, 0.2) is 0 Å². The molecule has 1 aromatic heterocycles. The first kappa shape index (κ1) is 16.0. The molecule has 0 unspecified atom stereocenters. The van der Waals surface area contributed by atoms with Crippen molar-refractivity contribution in [2.24, 2.45) is 0 Å². The van der Waals surface area contributed by atoms with E-state index < -0.39 is 4.92 Å². The molecule has 1 heterocycles. The van der Waals surface area contributed by atoms with Crippen LogP contribution in [0, 0.1) is 10.1 Å². The standard InChI is InChI=1S/C18H19N3O3/c22-12-13-7-8-18(21(23)24)17(10-13)19-9-3-4-14-11-20-16-6-2-1-5-15(14)16/h1-2,5-8,10-11,19-20,22H,3-4,9,12H2. The minimum atomic E-state index is -0.414. The second kappa shape index (κ2) is 7.14. The Labute approximate surface area is 139 Å². The van der Waals surface area contributed by atoms with E-state index in [-0.39, 0.29) is 12.3 Å². The van der Waals surface area contributed by atoms with Gasteiger partial charge in [-0.1, -0.05) is 18.2 Å². The van der Waals surface area contributed by atoms with Crippen molar-refractivity contribution >= 4 is 22.3 Å². The average molecular weight is 325 g/mol. The van der Waals surface area contributed by atoms with Crippen LogP contribution in [0.4, 0.5) is 11.4 Å². The van der Waals surface area contributed by atoms with E-state index in [9.17, 15) is 15.2 Å². The minimum Gasteiger partial charge on any atom is -0.392 e. The molecule has 0 spiro atoms. The first-order valence-corrected chi connectivity index (χ1v) is 7.86. The molecule has 124 valence electrons. The van der Waals surface area contributed by atoms with Crippen LogP contribution in [0.15, 0.2) is 48.7 Å². The number of aromatic amines is 1. The number of aryl methyl sites for hydroxylation is 1. The molecule has 0 fully saturated rings. The number of hydrogen-bond donors (Lipinski definition) is 3. The van der Waals surface area contributed by atoms with Crippen LogP contribution < -0.4 is 5.32 Å². The van der Waals surface area contributed by atoms with Gasteiger partial charge in [-0.25, -0.2) is 0 Å². The maximum Gasteiger partial charge on any atom is 0.292 e. The minimum absolute atomic E-state index is 0.0271. The fourth-order valence-corrected chi connectivity index (χ4v) is 2.82. The molecular formula is C18H19N3O3. The van der Waals surface area contributed by atoms with Gasteiger partial charge in [0.1, 0.15) is 5.69 Å². The summed E-state index contributed by atoms with van der Waals surface area (Å²) in [6.07, 6.45) is 3.74. The summed E-state index contributed by atoms with van der Waals surface area (Å²) in [6, 6.07) is 12.8. The SMILES string of the molecule is O=[N+]([O-])c1ccc(CO)cc1NCCCc1c[nH]c2ccccc12. The van der Waals surface area contributed by atoms with E-state index in [0.29, 0.717) is 17.8 Å². The van der Waals surface area contributed by atoms with Crippen LogP contribution in [0.25, 0.3) is 10.9 Å². The number of aromatic nitrogens is 1. The Morgan fingerprint density at radius 1 is 1.21 bits per heavy atom. The third kappa shape index (κ3) is 3.38. The van der Waals surface area contributed by atoms with Crippen molar-refractivity contribution in [1.29, 1.82) is 0 Å². The molecule has 3 N–H and O–H groups in total. The van der Waals surface area contributed by atoms with Crippen molar-refractivity contribution in [3.05, 3.63) is 69.9 Å². The molecule has 0 aliphatic carbocycles. The van der Waals surface area contributed by atoms with Gasteiger partial charge >= 0.3 is 0 Å². The predicted molar refractivity (Wildman–Crippen MR) is 94.1 cm³/mol. The largest absolute Gasteiger partial charge is 0.392 e. The van der Waals surface area contributed by atoms with Gasteiger partial charge < -0.3 is 15.4 Å². The molecule has 3 rings (SSSR count). The molecule has 6 heteroatoms. The number of aliphatic hydroxyl groups excluding tert-OH is 1. The fourth-order valence-electron chi connectivity index (χ4n) is 2.82. The van der Waals surface area contributed by atoms with Gasteiger partial charge in [-0.3, -0.25) is 10.1 Å². The van der Waals surface area contributed by atoms with Crippen LogP contribution in [0.1, 0.15) is 17.5 Å². The molecule has 0 aliphatic heterocycles. The molecule has 0 saturated carbocycles. The zero-order valence-corrected chi connectivity index (χ0v) is 13.2. The molecule has 0 radical (unpaired) electrons. The van der Waals surface area contributed by atoms with Crippen LogP contribution in [0.3, 0.4) is 0 Å². The molecular weight excluding hydrogens is 306 g/mol. The Kier molecular flexibility index (Phi) is 4.77. The van der Waals surface area contributed by atoms with E-state index >= 15 is 0 Å². The molecule has 3 aromatic rings. The number of fused-ring (bicyclic) bond motifs is 1. The van der Waals surface area contributed by atoms with Gasteiger partial charge in [-0.05, 0) is 42.2 Å². The van der Waals surface area contributed by atoms with Crippen molar-refractivity contribution in [2.75, 3.05) is 11.9 Å². The van der Waals surface area contributed by atoms with Gasteiger partial charge in [0.05, 0.1) is 11.5 Å². The number of nitro groups is 1. The van der Waals surface area contributed by atoms with Gasteiger partial charge in [-0.15, -0.1) is 0 Å². The molecule has 24 heavy (non-hydrogen) atoms. The van der Waals surface area contributed by atoms with E-state index in [0.717, 1.165) is 18.4 Å². The highest BCUT2D eigenvalue weighted by atomic mass is 16.6. The highest BCUT2D eigenvalue weighted by Crippen LogP contribution is 2.26. The third-order valence-corrected chi connectivity index (χ3v) is 4.05. The molecule has 0 saturated heterocycles. The predicted octanol–water partition coefficient (Wildman–Crippen LogP) is 3.61. The van der Waals surface area contributed by atoms with E-state index in [4.69, 9.17) is 0 Å². The van der Waals surface area contributed by atoms with Crippen molar-refractivity contribution in [1.82, 2.24) is 4.98 Å². The molecule has 0 bridgehead atoms. The molecule has 2 aromatic carbocycles. The number of rotatable bonds is 7. The summed E-state index contributed by atoms with van der Waals surface area (Å²) in [5.74, 6) is 0. The highest BCUT2D eigenvalue weighted by Gasteiger charge is 2.13. The number of hydrogen-bond acceptors (Lipinski definition) is 4. The Balaban J connectivity index is 1.63. The van der Waals surface area contributed by atoms with E-state index in [2.05, 4.69) is 16.4 Å². The normalized spacial score (nSPS) is 10.9. The second-order valence-electron chi connectivity index (χ2n) is 5.66. The van der Waals surface area contributed by atoms with E-state index in [1.54, 1.807) is 12.1 Å². The Morgan fingerprint density at radius 2 is 2.04 bits per heavy atom. The Hall–Kier alpha value is -2.86. The fraction of sp³-hybridized carbons (Fsp3) is 0.222. The van der Waals surface area contributed by atoms with Crippen molar-refractivity contribution < 1.29 is 10.0 Å². The number of anilines is 1. The van der Waals surface area contributed by atoms with Crippen molar-refractivity contribution in [3.8, 4) is 0 Å². The Morgan fingerprint density at radius 3 is 2.83 bits per heavy atom. The van der Waals surface area contributed by atoms with Crippen LogP contribution in [-0.4, -0.2) is 21.6 Å². The zero-order valence-electron chi connectivity index (χ0n) is 13.2. The zero-order chi connectivity index (χ0) is 16.9. The highest BCUT2D eigenvalue weighted by molar-refractivity contribution is 5.83. The van der Waals surface area contributed by atoms with Gasteiger partial charge in [0, 0.05) is 29.7 Å². The van der Waals surface area contributed by atoms with Gasteiger partial charge in [-0.2, -0.15) is 0 Å². The third-order valence-electron chi connectivity index (χ3n) is 4.05. The maximum atomic E-state index is 11.1. The summed E-state index contributed by atoms with van der Waals surface area (Å²) < 4.78 is 0. The number of para-hydroxylation sites is 1. The topological polar surface area (TPSA) is 91.2 Å². The lowest BCUT2D eigenvalue weighted by Gasteiger charge is -2.08. The summed E-state index contributed by atoms with van der Waals surface area (Å²) in [5, 5.41) is 24.6. The number of aliphatic hydroxyl groups is 1. The average Bonchev–Trinajstić information content (AvgIpc) is 3.01. The van der Waals surface area contributed by atoms with Crippen LogP contribution in [-0.2, 0) is 13.0 Å². The summed E-state index contributed by atoms with van der Waals surface area (Å²) >= 11 is 0. The lowest BCUT2D eigenvalue weighted by atomic mass is 10.1. The first-order valence-electron chi connectivity index (χ1n) is 7.86. The number of nitro benzene ring substituents is 1. The number of benzene rings is 2. The van der Waals surface area contributed by atoms with Crippen LogP contribution >= 0.6 is 0 Å². The molecule has 0 aliphatic rings. The summed E-state index contributed by atoms with van der Waals surface area (Å²) in [6.45, 7) is 0.483. The first-order chi connectivity index (χ1) is 11.7. The number of nitrogens with one attached hydrogen (secondary N) is 2. The van der Waals surface area contributed by atoms with Crippen molar-refractivity contribution in [3.63, 3.8) is 0 Å². The Bertz CT molecular complexity index is 858. The van der Waals surface area contributed by atoms with Crippen LogP contribution in [0.2, 0.25) is 0 Å². The summed E-state index contributed by atoms with van der Waals surface area (Å²) in [5.41, 5.74) is 3.49. The summed E-state index contributed by atoms with van der Waals surface area (Å²) in [7, 11) is 0. The van der Waals surface area contributed by atoms with Crippen molar-refractivity contribution in [2.45, 2.75) is 19.4 Å². The number of H-pyrrole nitrogens is 1. The second-order valence-corrected chi connectivity index (χ2v) is 5.66. The number of nitrogens with zero attached hydrogens (tertiary/aromatic N) is 1. The summed E-state index contributed by atoms with van der Waals surface area (Å²) in [4.78, 5) is 13.9. The smallest absolute Gasteiger partial charge is 0.292 e. The lowest BCUT2D eigenvalue weighted by molar-refractivity contribution is -0.384. The molecule has 0 amide bonds. The quantitative estimate of drug-likeness (QED) is 0.351. The monoisotopic (exact) mass is 325 g/mol. The van der Waals surface area contributed by atoms with E-state index in [1.807, 2.05) is 24.4 Å². The molecule has 0 atom stereocenters. The molecule has 6 nitrogen and oxygen atoms in total. The lowest BCUT2D eigenvalue weighted by Crippen LogP contribution is -2.06. The van der Waals surface area contributed by atoms with Gasteiger partial charge in [0.25, 0.3) is 5.69 Å². The van der Waals surface area contributed by atoms with Gasteiger partial charge in [0.2, 0.25) is 0 Å². The maximum absolute atomic E-state index is 11.1.